The average Bonchev–Trinajstić information content (AvgIpc) is 3.27. The highest BCUT2D eigenvalue weighted by atomic mass is 16.5. The Hall–Kier alpha value is -3.37. The minimum absolute atomic E-state index is 0.0270. The second-order valence-corrected chi connectivity index (χ2v) is 12.5. The van der Waals surface area contributed by atoms with Gasteiger partial charge in [0.25, 0.3) is 0 Å². The summed E-state index contributed by atoms with van der Waals surface area (Å²) >= 11 is 0. The molecule has 4 nitrogen and oxygen atoms in total. The first-order valence-corrected chi connectivity index (χ1v) is 14.9. The minimum Gasteiger partial charge on any atom is -0.374 e. The number of hydrogen-bond donors (Lipinski definition) is 0. The van der Waals surface area contributed by atoms with Crippen LogP contribution in [-0.2, 0) is 27.2 Å². The standard InChI is InChI=1S/C37H44O4/c1-24-12-10-16-29(20-24)18-19-33(38)35-32(23-41-37(35,5)6)36(40)27(4)30(21-28-14-8-7-9-15-28)22-34(39)31-17-11-13-25(2)26(31)3/h7-17,20,27,30,32,35H,18-19,21-23H2,1-6H3. The van der Waals surface area contributed by atoms with Gasteiger partial charge in [-0.2, -0.15) is 0 Å². The van der Waals surface area contributed by atoms with Crippen molar-refractivity contribution in [2.24, 2.45) is 23.7 Å². The molecule has 1 fully saturated rings. The van der Waals surface area contributed by atoms with Gasteiger partial charge in [-0.1, -0.05) is 85.3 Å². The highest BCUT2D eigenvalue weighted by Crippen LogP contribution is 2.41. The largest absolute Gasteiger partial charge is 0.374 e. The molecule has 0 radical (unpaired) electrons. The second kappa shape index (κ2) is 13.1. The van der Waals surface area contributed by atoms with E-state index in [1.165, 1.54) is 5.56 Å². The molecule has 4 rings (SSSR count). The number of ketones is 3. The number of aryl methyl sites for hydroxylation is 3. The average molecular weight is 553 g/mol. The lowest BCUT2D eigenvalue weighted by Crippen LogP contribution is -2.41. The molecule has 0 aliphatic carbocycles. The summed E-state index contributed by atoms with van der Waals surface area (Å²) in [5, 5.41) is 0. The fourth-order valence-electron chi connectivity index (χ4n) is 6.44. The van der Waals surface area contributed by atoms with Crippen LogP contribution in [0.3, 0.4) is 0 Å². The Kier molecular flexibility index (Phi) is 9.76. The van der Waals surface area contributed by atoms with Gasteiger partial charge in [0.1, 0.15) is 11.6 Å². The van der Waals surface area contributed by atoms with Gasteiger partial charge in [-0.25, -0.2) is 0 Å². The molecule has 41 heavy (non-hydrogen) atoms. The maximum absolute atomic E-state index is 14.2. The van der Waals surface area contributed by atoms with E-state index < -0.39 is 23.4 Å². The van der Waals surface area contributed by atoms with Crippen molar-refractivity contribution in [2.75, 3.05) is 6.61 Å². The SMILES string of the molecule is Cc1cccc(CCC(=O)C2C(C(=O)C(C)C(CC(=O)c3cccc(C)c3C)Cc3ccccc3)COC2(C)C)c1. The molecule has 0 bridgehead atoms. The van der Waals surface area contributed by atoms with Crippen LogP contribution in [0.2, 0.25) is 0 Å². The van der Waals surface area contributed by atoms with Crippen molar-refractivity contribution < 1.29 is 19.1 Å². The molecule has 4 heteroatoms. The third-order valence-corrected chi connectivity index (χ3v) is 9.09. The van der Waals surface area contributed by atoms with E-state index in [-0.39, 0.29) is 36.3 Å². The monoisotopic (exact) mass is 552 g/mol. The molecule has 1 heterocycles. The molecular weight excluding hydrogens is 508 g/mol. The van der Waals surface area contributed by atoms with Crippen LogP contribution in [0.4, 0.5) is 0 Å². The van der Waals surface area contributed by atoms with Crippen molar-refractivity contribution in [3.63, 3.8) is 0 Å². The Morgan fingerprint density at radius 2 is 1.59 bits per heavy atom. The van der Waals surface area contributed by atoms with E-state index in [9.17, 15) is 14.4 Å². The number of carbonyl (C=O) groups excluding carboxylic acids is 3. The van der Waals surface area contributed by atoms with Crippen molar-refractivity contribution in [3.8, 4) is 0 Å². The zero-order chi connectivity index (χ0) is 29.7. The van der Waals surface area contributed by atoms with E-state index in [2.05, 4.69) is 6.07 Å². The topological polar surface area (TPSA) is 60.4 Å². The molecule has 0 aromatic heterocycles. The van der Waals surface area contributed by atoms with Crippen LogP contribution in [0.15, 0.2) is 72.8 Å². The Bertz CT molecular complexity index is 1390. The van der Waals surface area contributed by atoms with Crippen LogP contribution >= 0.6 is 0 Å². The number of hydrogen-bond acceptors (Lipinski definition) is 4. The lowest BCUT2D eigenvalue weighted by molar-refractivity contribution is -0.135. The van der Waals surface area contributed by atoms with Gasteiger partial charge in [-0.05, 0) is 75.6 Å². The van der Waals surface area contributed by atoms with Gasteiger partial charge in [-0.3, -0.25) is 14.4 Å². The summed E-state index contributed by atoms with van der Waals surface area (Å²) in [7, 11) is 0. The summed E-state index contributed by atoms with van der Waals surface area (Å²) < 4.78 is 6.10. The lowest BCUT2D eigenvalue weighted by Gasteiger charge is -2.30. The van der Waals surface area contributed by atoms with Gasteiger partial charge in [0, 0.05) is 24.3 Å². The van der Waals surface area contributed by atoms with E-state index in [0.717, 1.165) is 27.8 Å². The molecule has 4 unspecified atom stereocenters. The maximum atomic E-state index is 14.2. The van der Waals surface area contributed by atoms with Crippen molar-refractivity contribution in [1.29, 1.82) is 0 Å². The summed E-state index contributed by atoms with van der Waals surface area (Å²) in [6.07, 6.45) is 1.91. The number of Topliss-reactive ketones (excluding diaryl/α,β-unsaturated/α-hetero) is 3. The van der Waals surface area contributed by atoms with Gasteiger partial charge >= 0.3 is 0 Å². The summed E-state index contributed by atoms with van der Waals surface area (Å²) in [6, 6.07) is 24.1. The van der Waals surface area contributed by atoms with Gasteiger partial charge in [-0.15, -0.1) is 0 Å². The van der Waals surface area contributed by atoms with Crippen molar-refractivity contribution in [3.05, 3.63) is 106 Å². The molecule has 1 aliphatic rings. The van der Waals surface area contributed by atoms with E-state index in [1.54, 1.807) is 0 Å². The van der Waals surface area contributed by atoms with Gasteiger partial charge in [0.15, 0.2) is 5.78 Å². The van der Waals surface area contributed by atoms with Crippen LogP contribution in [0.25, 0.3) is 0 Å². The molecule has 216 valence electrons. The number of carbonyl (C=O) groups is 3. The highest BCUT2D eigenvalue weighted by molar-refractivity contribution is 5.98. The molecule has 3 aromatic carbocycles. The molecule has 4 atom stereocenters. The summed E-state index contributed by atoms with van der Waals surface area (Å²) in [4.78, 5) is 41.5. The first kappa shape index (κ1) is 30.6. The molecule has 3 aromatic rings. The first-order chi connectivity index (χ1) is 19.5. The summed E-state index contributed by atoms with van der Waals surface area (Å²) in [5.41, 5.74) is 5.46. The minimum atomic E-state index is -0.715. The Labute approximate surface area is 245 Å². The van der Waals surface area contributed by atoms with Crippen LogP contribution < -0.4 is 0 Å². The third kappa shape index (κ3) is 7.29. The lowest BCUT2D eigenvalue weighted by atomic mass is 9.71. The molecule has 0 N–H and O–H groups in total. The van der Waals surface area contributed by atoms with Crippen LogP contribution in [0.1, 0.15) is 71.8 Å². The molecule has 1 aliphatic heterocycles. The predicted molar refractivity (Wildman–Crippen MR) is 164 cm³/mol. The second-order valence-electron chi connectivity index (χ2n) is 12.5. The Balaban J connectivity index is 1.55. The van der Waals surface area contributed by atoms with Crippen molar-refractivity contribution in [2.45, 2.75) is 72.8 Å². The fraction of sp³-hybridized carbons (Fsp3) is 0.432. The quantitative estimate of drug-likeness (QED) is 0.218. The first-order valence-electron chi connectivity index (χ1n) is 14.9. The molecule has 0 saturated carbocycles. The van der Waals surface area contributed by atoms with Crippen LogP contribution in [0.5, 0.6) is 0 Å². The fourth-order valence-corrected chi connectivity index (χ4v) is 6.44. The third-order valence-electron chi connectivity index (χ3n) is 9.09. The van der Waals surface area contributed by atoms with Gasteiger partial charge < -0.3 is 4.74 Å². The van der Waals surface area contributed by atoms with E-state index >= 15 is 0 Å². The van der Waals surface area contributed by atoms with Crippen molar-refractivity contribution in [1.82, 2.24) is 0 Å². The number of benzene rings is 3. The molecule has 0 amide bonds. The summed E-state index contributed by atoms with van der Waals surface area (Å²) in [5.74, 6) is -1.46. The molecule has 1 saturated heterocycles. The van der Waals surface area contributed by atoms with Crippen molar-refractivity contribution >= 4 is 17.3 Å². The van der Waals surface area contributed by atoms with E-state index in [1.807, 2.05) is 108 Å². The zero-order valence-corrected chi connectivity index (χ0v) is 25.4. The Morgan fingerprint density at radius 1 is 0.902 bits per heavy atom. The Morgan fingerprint density at radius 3 is 2.29 bits per heavy atom. The number of ether oxygens (including phenoxy) is 1. The van der Waals surface area contributed by atoms with Gasteiger partial charge in [0.05, 0.1) is 24.0 Å². The summed E-state index contributed by atoms with van der Waals surface area (Å²) in [6.45, 7) is 12.1. The zero-order valence-electron chi connectivity index (χ0n) is 25.4. The van der Waals surface area contributed by atoms with E-state index in [0.29, 0.717) is 19.3 Å². The normalized spacial score (nSPS) is 19.5. The highest BCUT2D eigenvalue weighted by Gasteiger charge is 2.51. The van der Waals surface area contributed by atoms with Crippen LogP contribution in [-0.4, -0.2) is 29.6 Å². The van der Waals surface area contributed by atoms with E-state index in [4.69, 9.17) is 4.74 Å². The smallest absolute Gasteiger partial charge is 0.163 e. The number of rotatable bonds is 12. The molecular formula is C37H44O4. The molecule has 0 spiro atoms. The van der Waals surface area contributed by atoms with Crippen LogP contribution in [0, 0.1) is 44.4 Å². The van der Waals surface area contributed by atoms with Gasteiger partial charge in [0.2, 0.25) is 0 Å². The predicted octanol–water partition coefficient (Wildman–Crippen LogP) is 7.49. The maximum Gasteiger partial charge on any atom is 0.163 e.